The average Bonchev–Trinajstić information content (AvgIpc) is 3.12. The van der Waals surface area contributed by atoms with E-state index in [1.807, 2.05) is 54.3 Å². The number of aromatic nitrogens is 2. The van der Waals surface area contributed by atoms with Gasteiger partial charge in [-0.1, -0.05) is 29.8 Å². The Kier molecular flexibility index (Phi) is 5.80. The summed E-state index contributed by atoms with van der Waals surface area (Å²) in [6, 6.07) is 15.3. The first-order valence-corrected chi connectivity index (χ1v) is 10.5. The number of amides is 1. The van der Waals surface area contributed by atoms with Crippen molar-refractivity contribution in [2.75, 3.05) is 13.1 Å². The Morgan fingerprint density at radius 3 is 2.71 bits per heavy atom. The van der Waals surface area contributed by atoms with Gasteiger partial charge in [-0.25, -0.2) is 4.98 Å². The lowest BCUT2D eigenvalue weighted by Gasteiger charge is -2.39. The number of terminal acetylenes is 1. The molecule has 6 heteroatoms. The van der Waals surface area contributed by atoms with Crippen molar-refractivity contribution in [3.05, 3.63) is 75.7 Å². The average molecular weight is 429 g/mol. The fourth-order valence-corrected chi connectivity index (χ4v) is 4.02. The van der Waals surface area contributed by atoms with Crippen LogP contribution < -0.4 is 0 Å². The van der Waals surface area contributed by atoms with Crippen LogP contribution >= 0.6 is 11.6 Å². The highest BCUT2D eigenvalue weighted by Gasteiger charge is 2.32. The quantitative estimate of drug-likeness (QED) is 0.598. The number of aryl methyl sites for hydroxylation is 2. The van der Waals surface area contributed by atoms with Crippen molar-refractivity contribution < 1.29 is 4.79 Å². The van der Waals surface area contributed by atoms with Gasteiger partial charge < -0.3 is 9.88 Å². The number of nitrogens with zero attached hydrogens (tertiary/aromatic N) is 3. The molecule has 0 bridgehead atoms. The maximum absolute atomic E-state index is 13.0. The molecule has 1 aliphatic heterocycles. The summed E-state index contributed by atoms with van der Waals surface area (Å²) in [5.41, 5.74) is 4.87. The highest BCUT2D eigenvalue weighted by molar-refractivity contribution is 6.32. The molecule has 2 heterocycles. The van der Waals surface area contributed by atoms with E-state index in [0.717, 1.165) is 22.5 Å². The summed E-state index contributed by atoms with van der Waals surface area (Å²) in [4.78, 5) is 22.5. The number of H-pyrrole nitrogens is 1. The number of nitriles is 1. The second-order valence-corrected chi connectivity index (χ2v) is 8.10. The van der Waals surface area contributed by atoms with Gasteiger partial charge in [-0.3, -0.25) is 4.79 Å². The molecule has 1 fully saturated rings. The minimum atomic E-state index is -0.00893. The highest BCUT2D eigenvalue weighted by atomic mass is 35.5. The molecule has 5 nitrogen and oxygen atoms in total. The Labute approximate surface area is 186 Å². The van der Waals surface area contributed by atoms with Gasteiger partial charge in [-0.15, -0.1) is 12.3 Å². The molecule has 0 spiro atoms. The van der Waals surface area contributed by atoms with Gasteiger partial charge in [0.15, 0.2) is 0 Å². The highest BCUT2D eigenvalue weighted by Crippen LogP contribution is 2.32. The Morgan fingerprint density at radius 2 is 2.03 bits per heavy atom. The molecule has 3 aromatic rings. The fourth-order valence-electron chi connectivity index (χ4n) is 3.76. The van der Waals surface area contributed by atoms with E-state index in [9.17, 15) is 4.79 Å². The molecule has 0 atom stereocenters. The van der Waals surface area contributed by atoms with Crippen LogP contribution in [0.5, 0.6) is 0 Å². The molecule has 1 aromatic heterocycles. The molecule has 0 aliphatic carbocycles. The molecular weight excluding hydrogens is 408 g/mol. The molecule has 1 amide bonds. The van der Waals surface area contributed by atoms with Gasteiger partial charge in [0.2, 0.25) is 0 Å². The standard InChI is InChI=1S/C25H21ClN4O/c1-3-4-5-22-28-23(24(26)29-22)21-12-19(9-6-16(21)2)25(31)30-14-20(15-30)18-10-7-17(13-27)8-11-18/h1,6-12,20H,4-5,14-15H2,2H3,(H,28,29). The number of rotatable bonds is 5. The van der Waals surface area contributed by atoms with Crippen molar-refractivity contribution in [3.8, 4) is 29.7 Å². The largest absolute Gasteiger partial charge is 0.337 e. The van der Waals surface area contributed by atoms with Crippen LogP contribution in [0.4, 0.5) is 0 Å². The summed E-state index contributed by atoms with van der Waals surface area (Å²) in [6.07, 6.45) is 6.54. The Bertz CT molecular complexity index is 1210. The lowest BCUT2D eigenvalue weighted by Crippen LogP contribution is -2.48. The number of carbonyl (C=O) groups excluding carboxylic acids is 1. The summed E-state index contributed by atoms with van der Waals surface area (Å²) in [6.45, 7) is 3.29. The number of imidazole rings is 1. The molecule has 2 aromatic carbocycles. The Morgan fingerprint density at radius 1 is 1.29 bits per heavy atom. The van der Waals surface area contributed by atoms with E-state index in [-0.39, 0.29) is 5.91 Å². The Hall–Kier alpha value is -3.54. The summed E-state index contributed by atoms with van der Waals surface area (Å²) in [5, 5.41) is 9.38. The van der Waals surface area contributed by atoms with E-state index >= 15 is 0 Å². The molecule has 1 aliphatic rings. The molecule has 0 unspecified atom stereocenters. The molecular formula is C25H21ClN4O. The van der Waals surface area contributed by atoms with Crippen LogP contribution in [0.25, 0.3) is 11.3 Å². The van der Waals surface area contributed by atoms with Gasteiger partial charge in [-0.05, 0) is 42.3 Å². The second-order valence-electron chi connectivity index (χ2n) is 7.72. The van der Waals surface area contributed by atoms with E-state index in [1.54, 1.807) is 0 Å². The first kappa shape index (κ1) is 20.7. The van der Waals surface area contributed by atoms with Gasteiger partial charge >= 0.3 is 0 Å². The molecule has 0 saturated carbocycles. The molecule has 0 radical (unpaired) electrons. The van der Waals surface area contributed by atoms with E-state index in [2.05, 4.69) is 22.0 Å². The maximum atomic E-state index is 13.0. The molecule has 1 saturated heterocycles. The van der Waals surface area contributed by atoms with Crippen LogP contribution in [-0.2, 0) is 6.42 Å². The van der Waals surface area contributed by atoms with Crippen molar-refractivity contribution in [1.29, 1.82) is 5.26 Å². The predicted molar refractivity (Wildman–Crippen MR) is 121 cm³/mol. The number of benzene rings is 2. The fraction of sp³-hybridized carbons (Fsp3) is 0.240. The van der Waals surface area contributed by atoms with Gasteiger partial charge in [0.1, 0.15) is 16.7 Å². The normalized spacial score (nSPS) is 13.4. The van der Waals surface area contributed by atoms with Gasteiger partial charge in [-0.2, -0.15) is 5.26 Å². The predicted octanol–water partition coefficient (Wildman–Crippen LogP) is 4.72. The molecule has 1 N–H and O–H groups in total. The van der Waals surface area contributed by atoms with Crippen LogP contribution in [0.3, 0.4) is 0 Å². The lowest BCUT2D eigenvalue weighted by molar-refractivity contribution is 0.0602. The SMILES string of the molecule is C#CCCc1nc(-c2cc(C(=O)N3CC(c4ccc(C#N)cc4)C3)ccc2C)c(Cl)[nH]1. The monoisotopic (exact) mass is 428 g/mol. The molecule has 31 heavy (non-hydrogen) atoms. The number of nitrogens with one attached hydrogen (secondary N) is 1. The second kappa shape index (κ2) is 8.68. The van der Waals surface area contributed by atoms with Crippen molar-refractivity contribution in [2.24, 2.45) is 0 Å². The van der Waals surface area contributed by atoms with E-state index in [0.29, 0.717) is 53.8 Å². The lowest BCUT2D eigenvalue weighted by atomic mass is 9.90. The number of likely N-dealkylation sites (tertiary alicyclic amines) is 1. The van der Waals surface area contributed by atoms with Crippen LogP contribution in [-0.4, -0.2) is 33.9 Å². The Balaban J connectivity index is 1.50. The van der Waals surface area contributed by atoms with Crippen LogP contribution in [0, 0.1) is 30.6 Å². The third-order valence-electron chi connectivity index (χ3n) is 5.63. The maximum Gasteiger partial charge on any atom is 0.253 e. The first-order chi connectivity index (χ1) is 15.0. The van der Waals surface area contributed by atoms with Crippen molar-refractivity contribution >= 4 is 17.5 Å². The van der Waals surface area contributed by atoms with Crippen LogP contribution in [0.1, 0.15) is 45.2 Å². The molecule has 4 rings (SSSR count). The summed E-state index contributed by atoms with van der Waals surface area (Å²) in [5.74, 6) is 3.62. The van der Waals surface area contributed by atoms with Gasteiger partial charge in [0.25, 0.3) is 5.91 Å². The summed E-state index contributed by atoms with van der Waals surface area (Å²) in [7, 11) is 0. The van der Waals surface area contributed by atoms with E-state index in [4.69, 9.17) is 23.3 Å². The smallest absolute Gasteiger partial charge is 0.253 e. The van der Waals surface area contributed by atoms with Crippen molar-refractivity contribution in [2.45, 2.75) is 25.7 Å². The van der Waals surface area contributed by atoms with Gasteiger partial charge in [0.05, 0.1) is 11.6 Å². The minimum absolute atomic E-state index is 0.00893. The third-order valence-corrected chi connectivity index (χ3v) is 5.91. The number of hydrogen-bond acceptors (Lipinski definition) is 3. The first-order valence-electron chi connectivity index (χ1n) is 10.1. The van der Waals surface area contributed by atoms with Crippen molar-refractivity contribution in [1.82, 2.24) is 14.9 Å². The summed E-state index contributed by atoms with van der Waals surface area (Å²) >= 11 is 6.39. The summed E-state index contributed by atoms with van der Waals surface area (Å²) < 4.78 is 0. The molecule has 154 valence electrons. The van der Waals surface area contributed by atoms with Crippen LogP contribution in [0.15, 0.2) is 42.5 Å². The number of carbonyl (C=O) groups is 1. The van der Waals surface area contributed by atoms with E-state index < -0.39 is 0 Å². The zero-order valence-corrected chi connectivity index (χ0v) is 17.9. The number of halogens is 1. The number of hydrogen-bond donors (Lipinski definition) is 1. The third kappa shape index (κ3) is 4.19. The zero-order valence-electron chi connectivity index (χ0n) is 17.2. The minimum Gasteiger partial charge on any atom is -0.337 e. The number of aromatic amines is 1. The topological polar surface area (TPSA) is 72.8 Å². The van der Waals surface area contributed by atoms with Gasteiger partial charge in [0, 0.05) is 43.0 Å². The zero-order chi connectivity index (χ0) is 22.0. The van der Waals surface area contributed by atoms with Crippen molar-refractivity contribution in [3.63, 3.8) is 0 Å². The van der Waals surface area contributed by atoms with Crippen LogP contribution in [0.2, 0.25) is 5.15 Å². The van der Waals surface area contributed by atoms with E-state index in [1.165, 1.54) is 0 Å².